The second-order valence-corrected chi connectivity index (χ2v) is 8.05. The molecule has 9 heteroatoms. The minimum Gasteiger partial charge on any atom is -0.366 e. The Morgan fingerprint density at radius 2 is 1.68 bits per heavy atom. The zero-order valence-corrected chi connectivity index (χ0v) is 16.9. The lowest BCUT2D eigenvalue weighted by atomic mass is 10.1. The molecule has 3 rings (SSSR count). The standard InChI is InChI=1S/C19H19N5O2S2/c1-13-4-9-17(14(2)12-13)23-19(27)22-15-5-7-16(8-6-15)28(25,26)24-18-20-10-3-11-21-18/h3-12H,1-2H3,(H3,20,21,22,23,24,27)/p-1. The number of aryl methyl sites for hydroxylation is 2. The van der Waals surface area contributed by atoms with Gasteiger partial charge in [-0.3, -0.25) is 4.72 Å². The Hall–Kier alpha value is -3.04. The van der Waals surface area contributed by atoms with E-state index in [0.29, 0.717) is 10.8 Å². The summed E-state index contributed by atoms with van der Waals surface area (Å²) in [5.74, 6) is -0.108. The molecule has 0 unspecified atom stereocenters. The highest BCUT2D eigenvalue weighted by atomic mass is 32.2. The number of sulfonamides is 1. The van der Waals surface area contributed by atoms with Crippen LogP contribution in [0.3, 0.4) is 0 Å². The third-order valence-corrected chi connectivity index (χ3v) is 5.27. The van der Waals surface area contributed by atoms with Crippen LogP contribution in [0.25, 0.3) is 4.72 Å². The highest BCUT2D eigenvalue weighted by Gasteiger charge is 2.12. The van der Waals surface area contributed by atoms with E-state index in [0.717, 1.165) is 11.3 Å². The van der Waals surface area contributed by atoms with Gasteiger partial charge in [-0.15, -0.1) is 0 Å². The number of nitrogens with one attached hydrogen (secondary N) is 2. The Morgan fingerprint density at radius 1 is 1.00 bits per heavy atom. The van der Waals surface area contributed by atoms with E-state index in [1.807, 2.05) is 26.0 Å². The van der Waals surface area contributed by atoms with Crippen molar-refractivity contribution in [3.05, 3.63) is 76.8 Å². The van der Waals surface area contributed by atoms with Crippen LogP contribution in [0, 0.1) is 13.8 Å². The minimum absolute atomic E-state index is 0.0405. The molecule has 28 heavy (non-hydrogen) atoms. The topological polar surface area (TPSA) is 98.1 Å². The van der Waals surface area contributed by atoms with E-state index < -0.39 is 10.0 Å². The van der Waals surface area contributed by atoms with Gasteiger partial charge in [0, 0.05) is 17.3 Å². The molecule has 0 aliphatic rings. The van der Waals surface area contributed by atoms with E-state index in [2.05, 4.69) is 31.4 Å². The molecule has 1 aromatic heterocycles. The highest BCUT2D eigenvalue weighted by Crippen LogP contribution is 2.25. The molecule has 0 aliphatic heterocycles. The molecule has 0 aliphatic carbocycles. The predicted molar refractivity (Wildman–Crippen MR) is 114 cm³/mol. The smallest absolute Gasteiger partial charge is 0.229 e. The number of benzene rings is 2. The van der Waals surface area contributed by atoms with Crippen molar-refractivity contribution < 1.29 is 8.42 Å². The van der Waals surface area contributed by atoms with Crippen LogP contribution in [0.4, 0.5) is 17.3 Å². The Kier molecular flexibility index (Phi) is 5.86. The van der Waals surface area contributed by atoms with Gasteiger partial charge in [0.2, 0.25) is 10.0 Å². The maximum Gasteiger partial charge on any atom is 0.229 e. The number of nitrogens with zero attached hydrogens (tertiary/aromatic N) is 3. The number of rotatable bonds is 5. The van der Waals surface area contributed by atoms with E-state index in [-0.39, 0.29) is 10.8 Å². The van der Waals surface area contributed by atoms with Crippen molar-refractivity contribution >= 4 is 44.7 Å². The van der Waals surface area contributed by atoms with Crippen LogP contribution in [-0.4, -0.2) is 23.5 Å². The first-order valence-corrected chi connectivity index (χ1v) is 10.2. The Morgan fingerprint density at radius 3 is 2.32 bits per heavy atom. The normalized spacial score (nSPS) is 10.9. The lowest BCUT2D eigenvalue weighted by molar-refractivity contribution is 0.603. The molecule has 1 heterocycles. The lowest BCUT2D eigenvalue weighted by Gasteiger charge is -2.14. The molecule has 0 bridgehead atoms. The van der Waals surface area contributed by atoms with Crippen molar-refractivity contribution in [1.82, 2.24) is 9.97 Å². The summed E-state index contributed by atoms with van der Waals surface area (Å²) in [7, 11) is -3.89. The zero-order valence-electron chi connectivity index (χ0n) is 15.2. The van der Waals surface area contributed by atoms with Gasteiger partial charge >= 0.3 is 0 Å². The van der Waals surface area contributed by atoms with E-state index in [1.165, 1.54) is 30.1 Å². The lowest BCUT2D eigenvalue weighted by Crippen LogP contribution is -2.19. The Balaban J connectivity index is 1.66. The Labute approximate surface area is 169 Å². The van der Waals surface area contributed by atoms with Crippen LogP contribution >= 0.6 is 12.2 Å². The fourth-order valence-electron chi connectivity index (χ4n) is 2.45. The van der Waals surface area contributed by atoms with Crippen LogP contribution < -0.4 is 10.6 Å². The van der Waals surface area contributed by atoms with Gasteiger partial charge in [0.15, 0.2) is 5.11 Å². The van der Waals surface area contributed by atoms with Crippen LogP contribution in [0.5, 0.6) is 0 Å². The first-order valence-electron chi connectivity index (χ1n) is 8.34. The van der Waals surface area contributed by atoms with Crippen molar-refractivity contribution in [2.24, 2.45) is 0 Å². The van der Waals surface area contributed by atoms with Crippen LogP contribution in [0.1, 0.15) is 11.1 Å². The summed E-state index contributed by atoms with van der Waals surface area (Å²) < 4.78 is 28.3. The number of thiocarbonyl (C=S) groups is 1. The Bertz CT molecular complexity index is 1090. The molecule has 0 saturated heterocycles. The van der Waals surface area contributed by atoms with Crippen molar-refractivity contribution in [2.45, 2.75) is 18.7 Å². The van der Waals surface area contributed by atoms with Gasteiger partial charge in [0.05, 0.1) is 4.90 Å². The van der Waals surface area contributed by atoms with Gasteiger partial charge in [0.1, 0.15) is 0 Å². The number of aromatic nitrogens is 2. The first kappa shape index (κ1) is 19.7. The molecular weight excluding hydrogens is 394 g/mol. The second-order valence-electron chi connectivity index (χ2n) is 6.04. The summed E-state index contributed by atoms with van der Waals surface area (Å²) in [5, 5.41) is 6.57. The molecule has 0 atom stereocenters. The third kappa shape index (κ3) is 5.02. The molecule has 0 spiro atoms. The molecule has 144 valence electrons. The van der Waals surface area contributed by atoms with Gasteiger partial charge in [-0.2, -0.15) is 0 Å². The van der Waals surface area contributed by atoms with Gasteiger partial charge in [-0.05, 0) is 74.4 Å². The molecule has 3 aromatic rings. The van der Waals surface area contributed by atoms with E-state index in [1.54, 1.807) is 18.2 Å². The molecular formula is C19H18N5O2S2-. The maximum atomic E-state index is 12.3. The largest absolute Gasteiger partial charge is 0.366 e. The molecule has 0 radical (unpaired) electrons. The molecule has 0 fully saturated rings. The summed E-state index contributed by atoms with van der Waals surface area (Å²) in [6, 6.07) is 13.7. The van der Waals surface area contributed by atoms with Crippen LogP contribution in [0.2, 0.25) is 0 Å². The third-order valence-electron chi connectivity index (χ3n) is 3.79. The van der Waals surface area contributed by atoms with Gasteiger partial charge in [-0.25, -0.2) is 8.42 Å². The zero-order chi connectivity index (χ0) is 20.1. The van der Waals surface area contributed by atoms with E-state index >= 15 is 0 Å². The van der Waals surface area contributed by atoms with Gasteiger partial charge in [-0.1, -0.05) is 23.8 Å². The van der Waals surface area contributed by atoms with Gasteiger partial charge < -0.3 is 20.6 Å². The van der Waals surface area contributed by atoms with E-state index in [9.17, 15) is 8.42 Å². The fourth-order valence-corrected chi connectivity index (χ4v) is 3.57. The minimum atomic E-state index is -3.89. The predicted octanol–water partition coefficient (Wildman–Crippen LogP) is 4.30. The van der Waals surface area contributed by atoms with Crippen molar-refractivity contribution in [2.75, 3.05) is 10.6 Å². The average Bonchev–Trinajstić information content (AvgIpc) is 2.65. The highest BCUT2D eigenvalue weighted by molar-refractivity contribution is 7.94. The average molecular weight is 413 g/mol. The number of anilines is 2. The number of hydrogen-bond donors (Lipinski definition) is 2. The summed E-state index contributed by atoms with van der Waals surface area (Å²) in [5.41, 5.74) is 3.81. The van der Waals surface area contributed by atoms with E-state index in [4.69, 9.17) is 12.2 Å². The SMILES string of the molecule is Cc1ccc(NC(=S)Nc2ccc(S(=O)(=O)[N-]c3ncccn3)cc2)c(C)c1. The second kappa shape index (κ2) is 8.32. The molecule has 2 N–H and O–H groups in total. The molecule has 2 aromatic carbocycles. The van der Waals surface area contributed by atoms with Gasteiger partial charge in [0.25, 0.3) is 0 Å². The summed E-state index contributed by atoms with van der Waals surface area (Å²) in [6.07, 6.45) is 2.86. The monoisotopic (exact) mass is 412 g/mol. The van der Waals surface area contributed by atoms with Crippen LogP contribution in [-0.2, 0) is 10.0 Å². The van der Waals surface area contributed by atoms with Crippen molar-refractivity contribution in [3.63, 3.8) is 0 Å². The van der Waals surface area contributed by atoms with Crippen LogP contribution in [0.15, 0.2) is 65.8 Å². The molecule has 0 amide bonds. The maximum absolute atomic E-state index is 12.3. The summed E-state index contributed by atoms with van der Waals surface area (Å²) in [4.78, 5) is 7.65. The fraction of sp³-hybridized carbons (Fsp3) is 0.105. The number of hydrogen-bond acceptors (Lipinski definition) is 5. The summed E-state index contributed by atoms with van der Waals surface area (Å²) >= 11 is 5.33. The molecule has 0 saturated carbocycles. The van der Waals surface area contributed by atoms with Crippen molar-refractivity contribution in [3.8, 4) is 0 Å². The molecule has 7 nitrogen and oxygen atoms in total. The van der Waals surface area contributed by atoms with Crippen molar-refractivity contribution in [1.29, 1.82) is 0 Å². The summed E-state index contributed by atoms with van der Waals surface area (Å²) in [6.45, 7) is 4.02. The quantitative estimate of drug-likeness (QED) is 0.603. The first-order chi connectivity index (χ1) is 13.3.